The summed E-state index contributed by atoms with van der Waals surface area (Å²) in [6, 6.07) is 11.1. The number of hydrogen-bond acceptors (Lipinski definition) is 3. The quantitative estimate of drug-likeness (QED) is 0.459. The standard InChI is InChI=1S/C22H38N4O/c1-4-23-22(24-17-19(12-15-27)16-18(2)3)25-20-10-13-26(14-11-20)21-8-6-5-7-9-21/h5-9,18-20,27H,4,10-17H2,1-3H3,(H2,23,24,25). The summed E-state index contributed by atoms with van der Waals surface area (Å²) >= 11 is 0. The lowest BCUT2D eigenvalue weighted by Gasteiger charge is -2.34. The molecule has 1 unspecified atom stereocenters. The van der Waals surface area contributed by atoms with E-state index in [4.69, 9.17) is 4.99 Å². The van der Waals surface area contributed by atoms with E-state index in [1.807, 2.05) is 0 Å². The van der Waals surface area contributed by atoms with Gasteiger partial charge in [0.2, 0.25) is 0 Å². The number of hydrogen-bond donors (Lipinski definition) is 3. The summed E-state index contributed by atoms with van der Waals surface area (Å²) < 4.78 is 0. The van der Waals surface area contributed by atoms with Crippen LogP contribution >= 0.6 is 0 Å². The van der Waals surface area contributed by atoms with Crippen LogP contribution in [0.5, 0.6) is 0 Å². The number of para-hydroxylation sites is 1. The van der Waals surface area contributed by atoms with Crippen LogP contribution in [0.25, 0.3) is 0 Å². The van der Waals surface area contributed by atoms with Crippen molar-refractivity contribution >= 4 is 11.6 Å². The molecule has 1 aromatic rings. The largest absolute Gasteiger partial charge is 0.396 e. The van der Waals surface area contributed by atoms with Crippen molar-refractivity contribution in [3.63, 3.8) is 0 Å². The molecule has 152 valence electrons. The average Bonchev–Trinajstić information content (AvgIpc) is 2.67. The van der Waals surface area contributed by atoms with Crippen molar-refractivity contribution in [1.82, 2.24) is 10.6 Å². The summed E-state index contributed by atoms with van der Waals surface area (Å²) in [6.07, 6.45) is 4.17. The Morgan fingerprint density at radius 1 is 1.22 bits per heavy atom. The molecule has 1 aliphatic heterocycles. The van der Waals surface area contributed by atoms with Crippen LogP contribution in [0.4, 0.5) is 5.69 Å². The lowest BCUT2D eigenvalue weighted by atomic mass is 9.94. The third kappa shape index (κ3) is 7.79. The highest BCUT2D eigenvalue weighted by molar-refractivity contribution is 5.80. The minimum absolute atomic E-state index is 0.245. The number of piperidine rings is 1. The highest BCUT2D eigenvalue weighted by Gasteiger charge is 2.20. The van der Waals surface area contributed by atoms with Gasteiger partial charge in [0.15, 0.2) is 5.96 Å². The molecule has 0 aromatic heterocycles. The molecule has 1 heterocycles. The number of rotatable bonds is 9. The summed E-state index contributed by atoms with van der Waals surface area (Å²) in [7, 11) is 0. The van der Waals surface area contributed by atoms with Crippen molar-refractivity contribution in [2.45, 2.75) is 52.5 Å². The molecule has 0 spiro atoms. The summed E-state index contributed by atoms with van der Waals surface area (Å²) in [5, 5.41) is 16.3. The number of aliphatic hydroxyl groups is 1. The fraction of sp³-hybridized carbons (Fsp3) is 0.682. The molecule has 1 aliphatic rings. The first kappa shape index (κ1) is 21.5. The Bertz CT molecular complexity index is 539. The smallest absolute Gasteiger partial charge is 0.191 e. The van der Waals surface area contributed by atoms with Crippen LogP contribution < -0.4 is 15.5 Å². The molecule has 1 saturated heterocycles. The molecular formula is C22H38N4O. The number of guanidine groups is 1. The number of benzene rings is 1. The molecule has 27 heavy (non-hydrogen) atoms. The van der Waals surface area contributed by atoms with Gasteiger partial charge in [-0.25, -0.2) is 0 Å². The van der Waals surface area contributed by atoms with Gasteiger partial charge in [0, 0.05) is 44.5 Å². The van der Waals surface area contributed by atoms with Crippen LogP contribution in [-0.2, 0) is 0 Å². The van der Waals surface area contributed by atoms with Crippen LogP contribution in [0, 0.1) is 11.8 Å². The Balaban J connectivity index is 1.86. The first-order valence-corrected chi connectivity index (χ1v) is 10.6. The molecule has 5 heteroatoms. The maximum Gasteiger partial charge on any atom is 0.191 e. The van der Waals surface area contributed by atoms with E-state index in [1.54, 1.807) is 0 Å². The molecule has 0 saturated carbocycles. The normalized spacial score (nSPS) is 17.2. The van der Waals surface area contributed by atoms with Crippen LogP contribution in [0.1, 0.15) is 46.5 Å². The third-order valence-electron chi connectivity index (χ3n) is 5.15. The molecule has 0 aliphatic carbocycles. The number of aliphatic imine (C=N–C) groups is 1. The van der Waals surface area contributed by atoms with Gasteiger partial charge in [-0.3, -0.25) is 4.99 Å². The molecule has 1 aromatic carbocycles. The predicted molar refractivity (Wildman–Crippen MR) is 115 cm³/mol. The maximum atomic E-state index is 9.31. The number of anilines is 1. The molecule has 0 radical (unpaired) electrons. The van der Waals surface area contributed by atoms with Crippen molar-refractivity contribution in [1.29, 1.82) is 0 Å². The average molecular weight is 375 g/mol. The Morgan fingerprint density at radius 3 is 2.52 bits per heavy atom. The minimum atomic E-state index is 0.245. The van der Waals surface area contributed by atoms with Crippen molar-refractivity contribution < 1.29 is 5.11 Å². The molecule has 3 N–H and O–H groups in total. The van der Waals surface area contributed by atoms with Gasteiger partial charge in [-0.1, -0.05) is 32.0 Å². The van der Waals surface area contributed by atoms with E-state index in [0.717, 1.165) is 57.8 Å². The fourth-order valence-corrected chi connectivity index (χ4v) is 3.79. The number of nitrogens with one attached hydrogen (secondary N) is 2. The fourth-order valence-electron chi connectivity index (χ4n) is 3.79. The molecular weight excluding hydrogens is 336 g/mol. The SMILES string of the molecule is CCNC(=NCC(CCO)CC(C)C)NC1CCN(c2ccccc2)CC1. The number of nitrogens with zero attached hydrogens (tertiary/aromatic N) is 2. The highest BCUT2D eigenvalue weighted by atomic mass is 16.3. The second-order valence-corrected chi connectivity index (χ2v) is 7.97. The second kappa shape index (κ2) is 11.9. The van der Waals surface area contributed by atoms with Crippen LogP contribution in [0.15, 0.2) is 35.3 Å². The van der Waals surface area contributed by atoms with E-state index in [2.05, 4.69) is 66.6 Å². The Labute approximate surface area is 165 Å². The zero-order valence-electron chi connectivity index (χ0n) is 17.3. The second-order valence-electron chi connectivity index (χ2n) is 7.97. The first-order chi connectivity index (χ1) is 13.1. The Kier molecular flexibility index (Phi) is 9.46. The van der Waals surface area contributed by atoms with Crippen LogP contribution in [0.2, 0.25) is 0 Å². The van der Waals surface area contributed by atoms with Gasteiger partial charge in [0.1, 0.15) is 0 Å². The van der Waals surface area contributed by atoms with E-state index >= 15 is 0 Å². The lowest BCUT2D eigenvalue weighted by Crippen LogP contribution is -2.49. The van der Waals surface area contributed by atoms with E-state index in [0.29, 0.717) is 17.9 Å². The molecule has 0 bridgehead atoms. The summed E-state index contributed by atoms with van der Waals surface area (Å²) in [6.45, 7) is 10.6. The molecule has 1 fully saturated rings. The van der Waals surface area contributed by atoms with Crippen LogP contribution in [0.3, 0.4) is 0 Å². The van der Waals surface area contributed by atoms with E-state index in [1.165, 1.54) is 5.69 Å². The lowest BCUT2D eigenvalue weighted by molar-refractivity contribution is 0.245. The van der Waals surface area contributed by atoms with E-state index in [9.17, 15) is 5.11 Å². The molecule has 1 atom stereocenters. The van der Waals surface area contributed by atoms with Crippen molar-refractivity contribution in [3.05, 3.63) is 30.3 Å². The molecule has 5 nitrogen and oxygen atoms in total. The van der Waals surface area contributed by atoms with Gasteiger partial charge in [0.05, 0.1) is 0 Å². The van der Waals surface area contributed by atoms with Gasteiger partial charge in [-0.2, -0.15) is 0 Å². The zero-order chi connectivity index (χ0) is 19.5. The minimum Gasteiger partial charge on any atom is -0.396 e. The summed E-state index contributed by atoms with van der Waals surface area (Å²) in [5.74, 6) is 2.00. The molecule has 0 amide bonds. The van der Waals surface area contributed by atoms with Gasteiger partial charge >= 0.3 is 0 Å². The Hall–Kier alpha value is -1.75. The Morgan fingerprint density at radius 2 is 1.93 bits per heavy atom. The van der Waals surface area contributed by atoms with Crippen molar-refractivity contribution in [2.24, 2.45) is 16.8 Å². The van der Waals surface area contributed by atoms with Crippen molar-refractivity contribution in [3.8, 4) is 0 Å². The zero-order valence-corrected chi connectivity index (χ0v) is 17.3. The monoisotopic (exact) mass is 374 g/mol. The summed E-state index contributed by atoms with van der Waals surface area (Å²) in [4.78, 5) is 7.29. The van der Waals surface area contributed by atoms with Gasteiger partial charge in [-0.15, -0.1) is 0 Å². The van der Waals surface area contributed by atoms with Gasteiger partial charge in [-0.05, 0) is 56.6 Å². The summed E-state index contributed by atoms with van der Waals surface area (Å²) in [5.41, 5.74) is 1.32. The van der Waals surface area contributed by atoms with Gasteiger partial charge < -0.3 is 20.6 Å². The van der Waals surface area contributed by atoms with E-state index < -0.39 is 0 Å². The topological polar surface area (TPSA) is 59.9 Å². The van der Waals surface area contributed by atoms with Crippen LogP contribution in [-0.4, -0.2) is 49.9 Å². The molecule has 2 rings (SSSR count). The van der Waals surface area contributed by atoms with Crippen molar-refractivity contribution in [2.75, 3.05) is 37.7 Å². The highest BCUT2D eigenvalue weighted by Crippen LogP contribution is 2.19. The van der Waals surface area contributed by atoms with Gasteiger partial charge in [0.25, 0.3) is 0 Å². The predicted octanol–water partition coefficient (Wildman–Crippen LogP) is 3.26. The third-order valence-corrected chi connectivity index (χ3v) is 5.15. The number of aliphatic hydroxyl groups excluding tert-OH is 1. The maximum absolute atomic E-state index is 9.31. The van der Waals surface area contributed by atoms with E-state index in [-0.39, 0.29) is 6.61 Å². The first-order valence-electron chi connectivity index (χ1n) is 10.6.